The molecule has 1 heterocycles. The Hall–Kier alpha value is -1.38. The van der Waals surface area contributed by atoms with Crippen LogP contribution in [0.3, 0.4) is 0 Å². The summed E-state index contributed by atoms with van der Waals surface area (Å²) in [5.74, 6) is 0. The highest BCUT2D eigenvalue weighted by Crippen LogP contribution is 2.32. The second-order valence-electron chi connectivity index (χ2n) is 3.52. The van der Waals surface area contributed by atoms with E-state index in [2.05, 4.69) is 17.1 Å². The zero-order chi connectivity index (χ0) is 11.0. The molecule has 0 aliphatic heterocycles. The van der Waals surface area contributed by atoms with E-state index in [0.29, 0.717) is 0 Å². The molecular formula is C13H8ClNS. The number of rotatable bonds is 1. The first-order valence-electron chi connectivity index (χ1n) is 4.93. The monoisotopic (exact) mass is 245 g/mol. The lowest BCUT2D eigenvalue weighted by molar-refractivity contribution is 1.50. The molecule has 0 bridgehead atoms. The Bertz CT molecular complexity index is 631. The van der Waals surface area contributed by atoms with Gasteiger partial charge in [0.25, 0.3) is 0 Å². The van der Waals surface area contributed by atoms with Crippen LogP contribution in [0.15, 0.2) is 48.0 Å². The van der Waals surface area contributed by atoms with Crippen molar-refractivity contribution in [2.45, 2.75) is 0 Å². The molecule has 0 aliphatic carbocycles. The van der Waals surface area contributed by atoms with Crippen LogP contribution in [0.5, 0.6) is 0 Å². The second kappa shape index (κ2) is 3.89. The number of hydrogen-bond acceptors (Lipinski definition) is 2. The number of thiazole rings is 1. The maximum atomic E-state index is 6.27. The van der Waals surface area contributed by atoms with E-state index in [9.17, 15) is 0 Å². The molecule has 1 nitrogen and oxygen atoms in total. The zero-order valence-electron chi connectivity index (χ0n) is 8.35. The molecule has 16 heavy (non-hydrogen) atoms. The summed E-state index contributed by atoms with van der Waals surface area (Å²) in [6.45, 7) is 0. The van der Waals surface area contributed by atoms with Crippen LogP contribution in [0, 0.1) is 0 Å². The van der Waals surface area contributed by atoms with Crippen LogP contribution in [-0.2, 0) is 0 Å². The minimum atomic E-state index is 0.781. The Balaban J connectivity index is 2.27. The van der Waals surface area contributed by atoms with Gasteiger partial charge in [0.05, 0.1) is 15.7 Å². The molecule has 1 aromatic heterocycles. The molecule has 0 radical (unpaired) electrons. The van der Waals surface area contributed by atoms with Gasteiger partial charge in [-0.3, -0.25) is 0 Å². The van der Waals surface area contributed by atoms with Gasteiger partial charge in [-0.2, -0.15) is 0 Å². The van der Waals surface area contributed by atoms with Gasteiger partial charge in [-0.25, -0.2) is 4.98 Å². The molecule has 0 saturated heterocycles. The van der Waals surface area contributed by atoms with E-state index in [1.54, 1.807) is 11.3 Å². The number of halogens is 1. The molecule has 0 atom stereocenters. The Morgan fingerprint density at radius 3 is 2.69 bits per heavy atom. The van der Waals surface area contributed by atoms with Gasteiger partial charge in [-0.15, -0.1) is 11.3 Å². The first kappa shape index (κ1) is 9.82. The average molecular weight is 246 g/mol. The van der Waals surface area contributed by atoms with Crippen molar-refractivity contribution in [3.8, 4) is 11.1 Å². The van der Waals surface area contributed by atoms with E-state index in [4.69, 9.17) is 11.6 Å². The summed E-state index contributed by atoms with van der Waals surface area (Å²) in [6, 6.07) is 14.2. The van der Waals surface area contributed by atoms with Crippen LogP contribution in [0.25, 0.3) is 21.3 Å². The first-order chi connectivity index (χ1) is 7.84. The Kier molecular flexibility index (Phi) is 2.39. The maximum absolute atomic E-state index is 6.27. The van der Waals surface area contributed by atoms with E-state index in [0.717, 1.165) is 26.4 Å². The van der Waals surface area contributed by atoms with Crippen molar-refractivity contribution in [2.24, 2.45) is 0 Å². The number of nitrogens with zero attached hydrogens (tertiary/aromatic N) is 1. The summed E-state index contributed by atoms with van der Waals surface area (Å²) < 4.78 is 1.13. The normalized spacial score (nSPS) is 10.8. The fraction of sp³-hybridized carbons (Fsp3) is 0. The quantitative estimate of drug-likeness (QED) is 0.610. The molecule has 0 amide bonds. The van der Waals surface area contributed by atoms with Crippen LogP contribution in [0.2, 0.25) is 5.02 Å². The van der Waals surface area contributed by atoms with Crippen molar-refractivity contribution in [1.29, 1.82) is 0 Å². The zero-order valence-corrected chi connectivity index (χ0v) is 9.92. The van der Waals surface area contributed by atoms with Crippen molar-refractivity contribution in [3.05, 3.63) is 53.0 Å². The van der Waals surface area contributed by atoms with Gasteiger partial charge in [-0.05, 0) is 17.7 Å². The third-order valence-corrected chi connectivity index (χ3v) is 3.61. The van der Waals surface area contributed by atoms with E-state index < -0.39 is 0 Å². The molecule has 0 unspecified atom stereocenters. The fourth-order valence-electron chi connectivity index (χ4n) is 1.72. The first-order valence-corrected chi connectivity index (χ1v) is 6.18. The summed E-state index contributed by atoms with van der Waals surface area (Å²) in [4.78, 5) is 4.31. The highest BCUT2D eigenvalue weighted by Gasteiger charge is 2.06. The lowest BCUT2D eigenvalue weighted by atomic mass is 10.1. The van der Waals surface area contributed by atoms with Gasteiger partial charge >= 0.3 is 0 Å². The number of benzene rings is 2. The summed E-state index contributed by atoms with van der Waals surface area (Å²) in [5, 5.41) is 0.781. The predicted molar refractivity (Wildman–Crippen MR) is 70.1 cm³/mol. The van der Waals surface area contributed by atoms with Gasteiger partial charge in [0.2, 0.25) is 0 Å². The predicted octanol–water partition coefficient (Wildman–Crippen LogP) is 4.62. The van der Waals surface area contributed by atoms with Gasteiger partial charge in [0.15, 0.2) is 0 Å². The van der Waals surface area contributed by atoms with Gasteiger partial charge in [0.1, 0.15) is 0 Å². The number of fused-ring (bicyclic) bond motifs is 1. The molecule has 0 N–H and O–H groups in total. The minimum Gasteiger partial charge on any atom is -0.245 e. The third-order valence-electron chi connectivity index (χ3n) is 2.50. The topological polar surface area (TPSA) is 12.9 Å². The van der Waals surface area contributed by atoms with E-state index in [-0.39, 0.29) is 0 Å². The average Bonchev–Trinajstić information content (AvgIpc) is 2.76. The third kappa shape index (κ3) is 1.60. The van der Waals surface area contributed by atoms with Crippen LogP contribution < -0.4 is 0 Å². The van der Waals surface area contributed by atoms with Crippen LogP contribution in [-0.4, -0.2) is 4.98 Å². The molecule has 0 aliphatic rings. The molecule has 3 heteroatoms. The smallest absolute Gasteiger partial charge is 0.0819 e. The molecule has 3 aromatic rings. The lowest BCUT2D eigenvalue weighted by Gasteiger charge is -2.04. The fourth-order valence-corrected chi connectivity index (χ4v) is 2.75. The van der Waals surface area contributed by atoms with E-state index in [1.807, 2.05) is 35.8 Å². The van der Waals surface area contributed by atoms with Crippen molar-refractivity contribution in [3.63, 3.8) is 0 Å². The molecular weight excluding hydrogens is 238 g/mol. The lowest BCUT2D eigenvalue weighted by Crippen LogP contribution is -1.79. The van der Waals surface area contributed by atoms with E-state index in [1.165, 1.54) is 0 Å². The van der Waals surface area contributed by atoms with Crippen molar-refractivity contribution in [2.75, 3.05) is 0 Å². The molecule has 3 rings (SSSR count). The Morgan fingerprint density at radius 2 is 1.88 bits per heavy atom. The van der Waals surface area contributed by atoms with Crippen LogP contribution in [0.1, 0.15) is 0 Å². The van der Waals surface area contributed by atoms with Crippen molar-refractivity contribution in [1.82, 2.24) is 4.98 Å². The van der Waals surface area contributed by atoms with Crippen LogP contribution in [0.4, 0.5) is 0 Å². The SMILES string of the molecule is Clc1cc2scnc2cc1-c1ccccc1. The molecule has 78 valence electrons. The van der Waals surface area contributed by atoms with Gasteiger partial charge in [0, 0.05) is 10.6 Å². The summed E-state index contributed by atoms with van der Waals surface area (Å²) in [7, 11) is 0. The standard InChI is InChI=1S/C13H8ClNS/c14-11-7-13-12(15-8-16-13)6-10(11)9-4-2-1-3-5-9/h1-8H. The largest absolute Gasteiger partial charge is 0.245 e. The van der Waals surface area contributed by atoms with Crippen molar-refractivity contribution < 1.29 is 0 Å². The van der Waals surface area contributed by atoms with E-state index >= 15 is 0 Å². The molecule has 2 aromatic carbocycles. The Morgan fingerprint density at radius 1 is 1.06 bits per heavy atom. The van der Waals surface area contributed by atoms with Crippen molar-refractivity contribution >= 4 is 33.2 Å². The maximum Gasteiger partial charge on any atom is 0.0819 e. The molecule has 0 saturated carbocycles. The van der Waals surface area contributed by atoms with Gasteiger partial charge < -0.3 is 0 Å². The molecule has 0 spiro atoms. The Labute approximate surface area is 102 Å². The second-order valence-corrected chi connectivity index (χ2v) is 4.81. The van der Waals surface area contributed by atoms with Crippen LogP contribution >= 0.6 is 22.9 Å². The highest BCUT2D eigenvalue weighted by atomic mass is 35.5. The minimum absolute atomic E-state index is 0.781. The number of hydrogen-bond donors (Lipinski definition) is 0. The summed E-state index contributed by atoms with van der Waals surface area (Å²) in [5.41, 5.74) is 5.02. The van der Waals surface area contributed by atoms with Gasteiger partial charge in [-0.1, -0.05) is 41.9 Å². The number of aromatic nitrogens is 1. The summed E-state index contributed by atoms with van der Waals surface area (Å²) >= 11 is 7.88. The molecule has 0 fully saturated rings. The highest BCUT2D eigenvalue weighted by molar-refractivity contribution is 7.16. The summed E-state index contributed by atoms with van der Waals surface area (Å²) in [6.07, 6.45) is 0.